The lowest BCUT2D eigenvalue weighted by Crippen LogP contribution is -1.97. The Balaban J connectivity index is 2.72. The fourth-order valence-electron chi connectivity index (χ4n) is 0.741. The molecule has 0 N–H and O–H groups in total. The molecule has 12 heavy (non-hydrogen) atoms. The quantitative estimate of drug-likeness (QED) is 0.770. The number of ether oxygens (including phenoxy) is 1. The molecule has 1 nitrogen and oxygen atoms in total. The number of benzene rings is 1. The first-order valence-corrected chi connectivity index (χ1v) is 5.67. The van der Waals surface area contributed by atoms with E-state index in [1.54, 1.807) is 0 Å². The second-order valence-corrected chi connectivity index (χ2v) is 4.23. The van der Waals surface area contributed by atoms with E-state index in [-0.39, 0.29) is 0 Å². The zero-order chi connectivity index (χ0) is 8.97. The van der Waals surface area contributed by atoms with Gasteiger partial charge in [-0.25, -0.2) is 0 Å². The lowest BCUT2D eigenvalue weighted by atomic mass is 10.3. The zero-order valence-corrected chi connectivity index (χ0v) is 10.1. The minimum atomic E-state index is 0.626. The van der Waals surface area contributed by atoms with Crippen LogP contribution < -0.4 is 4.74 Å². The molecule has 0 atom stereocenters. The van der Waals surface area contributed by atoms with Crippen molar-refractivity contribution >= 4 is 43.5 Å². The predicted molar refractivity (Wildman–Crippen MR) is 58.4 cm³/mol. The van der Waals surface area contributed by atoms with Gasteiger partial charge in [0.25, 0.3) is 0 Å². The van der Waals surface area contributed by atoms with E-state index in [0.717, 1.165) is 15.6 Å². The summed E-state index contributed by atoms with van der Waals surface area (Å²) in [5.41, 5.74) is 0. The van der Waals surface area contributed by atoms with Crippen LogP contribution in [-0.4, -0.2) is 11.9 Å². The van der Waals surface area contributed by atoms with Crippen LogP contribution in [0.5, 0.6) is 5.75 Å². The van der Waals surface area contributed by atoms with Crippen LogP contribution in [0, 0.1) is 0 Å². The first kappa shape index (κ1) is 10.4. The molecule has 0 spiro atoms. The third-order valence-corrected chi connectivity index (χ3v) is 2.34. The monoisotopic (exact) mass is 312 g/mol. The van der Waals surface area contributed by atoms with Gasteiger partial charge in [0.2, 0.25) is 0 Å². The zero-order valence-electron chi connectivity index (χ0n) is 6.19. The Morgan fingerprint density at radius 1 is 1.42 bits per heavy atom. The first-order valence-electron chi connectivity index (χ1n) is 3.38. The van der Waals surface area contributed by atoms with Gasteiger partial charge in [-0.05, 0) is 18.2 Å². The lowest BCUT2D eigenvalue weighted by Gasteiger charge is -2.05. The highest BCUT2D eigenvalue weighted by atomic mass is 79.9. The fourth-order valence-corrected chi connectivity index (χ4v) is 1.63. The highest BCUT2D eigenvalue weighted by molar-refractivity contribution is 9.10. The van der Waals surface area contributed by atoms with Crippen molar-refractivity contribution in [3.8, 4) is 5.75 Å². The minimum Gasteiger partial charge on any atom is -0.491 e. The smallest absolute Gasteiger partial charge is 0.138 e. The summed E-state index contributed by atoms with van der Waals surface area (Å²) in [5.74, 6) is 0.722. The van der Waals surface area contributed by atoms with E-state index in [2.05, 4.69) is 31.9 Å². The van der Waals surface area contributed by atoms with Crippen molar-refractivity contribution < 1.29 is 4.74 Å². The summed E-state index contributed by atoms with van der Waals surface area (Å²) in [4.78, 5) is 0. The first-order chi connectivity index (χ1) is 5.74. The Morgan fingerprint density at radius 3 is 2.75 bits per heavy atom. The highest BCUT2D eigenvalue weighted by Crippen LogP contribution is 2.27. The van der Waals surface area contributed by atoms with Gasteiger partial charge in [0.1, 0.15) is 5.75 Å². The number of rotatable bonds is 3. The summed E-state index contributed by atoms with van der Waals surface area (Å²) in [6.45, 7) is 0.626. The average molecular weight is 314 g/mol. The second-order valence-electron chi connectivity index (χ2n) is 2.11. The summed E-state index contributed by atoms with van der Waals surface area (Å²) in [6.07, 6.45) is 0. The van der Waals surface area contributed by atoms with Crippen LogP contribution in [0.4, 0.5) is 0 Å². The van der Waals surface area contributed by atoms with Gasteiger partial charge in [-0.2, -0.15) is 0 Å². The third-order valence-electron chi connectivity index (χ3n) is 1.23. The van der Waals surface area contributed by atoms with Crippen molar-refractivity contribution in [2.75, 3.05) is 11.9 Å². The van der Waals surface area contributed by atoms with Gasteiger partial charge in [0.05, 0.1) is 11.6 Å². The molecule has 1 aromatic carbocycles. The molecule has 0 saturated carbocycles. The van der Waals surface area contributed by atoms with Gasteiger partial charge in [0.15, 0.2) is 0 Å². The Kier molecular flexibility index (Phi) is 4.40. The van der Waals surface area contributed by atoms with Crippen LogP contribution >= 0.6 is 43.5 Å². The summed E-state index contributed by atoms with van der Waals surface area (Å²) < 4.78 is 6.30. The van der Waals surface area contributed by atoms with Crippen molar-refractivity contribution in [1.29, 1.82) is 0 Å². The molecule has 0 radical (unpaired) electrons. The topological polar surface area (TPSA) is 9.23 Å². The summed E-state index contributed by atoms with van der Waals surface area (Å²) in [5, 5.41) is 1.43. The van der Waals surface area contributed by atoms with Crippen LogP contribution in [0.3, 0.4) is 0 Å². The molecule has 4 heteroatoms. The number of hydrogen-bond donors (Lipinski definition) is 0. The van der Waals surface area contributed by atoms with Crippen LogP contribution in [0.1, 0.15) is 0 Å². The van der Waals surface area contributed by atoms with Crippen molar-refractivity contribution in [3.05, 3.63) is 27.7 Å². The van der Waals surface area contributed by atoms with E-state index in [9.17, 15) is 0 Å². The largest absolute Gasteiger partial charge is 0.491 e. The number of halogens is 3. The van der Waals surface area contributed by atoms with E-state index in [1.165, 1.54) is 0 Å². The molecule has 0 saturated heterocycles. The van der Waals surface area contributed by atoms with Gasteiger partial charge in [0, 0.05) is 9.80 Å². The van der Waals surface area contributed by atoms with Gasteiger partial charge in [-0.15, -0.1) is 0 Å². The summed E-state index contributed by atoms with van der Waals surface area (Å²) in [7, 11) is 0. The molecule has 66 valence electrons. The molecule has 0 aromatic heterocycles. The third kappa shape index (κ3) is 2.96. The standard InChI is InChI=1S/C8H7Br2ClO/c9-3-4-12-8-2-1-6(10)5-7(8)11/h1-2,5H,3-4H2. The molecule has 0 amide bonds. The van der Waals surface area contributed by atoms with Crippen molar-refractivity contribution in [2.45, 2.75) is 0 Å². The number of alkyl halides is 1. The maximum Gasteiger partial charge on any atom is 0.138 e. The molecule has 0 aliphatic heterocycles. The summed E-state index contributed by atoms with van der Waals surface area (Å²) in [6, 6.07) is 5.55. The Bertz CT molecular complexity index is 265. The average Bonchev–Trinajstić information content (AvgIpc) is 2.03. The fraction of sp³-hybridized carbons (Fsp3) is 0.250. The summed E-state index contributed by atoms with van der Waals surface area (Å²) >= 11 is 12.5. The van der Waals surface area contributed by atoms with Crippen LogP contribution in [-0.2, 0) is 0 Å². The van der Waals surface area contributed by atoms with Crippen molar-refractivity contribution in [3.63, 3.8) is 0 Å². The Hall–Kier alpha value is 0.270. The molecule has 0 unspecified atom stereocenters. The van der Waals surface area contributed by atoms with Crippen LogP contribution in [0.15, 0.2) is 22.7 Å². The Labute approximate surface area is 93.3 Å². The van der Waals surface area contributed by atoms with Gasteiger partial charge < -0.3 is 4.74 Å². The molecular weight excluding hydrogens is 307 g/mol. The normalized spacial score (nSPS) is 9.92. The van der Waals surface area contributed by atoms with Crippen molar-refractivity contribution in [1.82, 2.24) is 0 Å². The minimum absolute atomic E-state index is 0.626. The molecule has 0 bridgehead atoms. The van der Waals surface area contributed by atoms with Crippen molar-refractivity contribution in [2.24, 2.45) is 0 Å². The molecule has 0 fully saturated rings. The van der Waals surface area contributed by atoms with E-state index in [0.29, 0.717) is 11.6 Å². The molecular formula is C8H7Br2ClO. The molecule has 0 heterocycles. The maximum absolute atomic E-state index is 5.89. The molecule has 0 aliphatic carbocycles. The highest BCUT2D eigenvalue weighted by Gasteiger charge is 2.00. The van der Waals surface area contributed by atoms with E-state index >= 15 is 0 Å². The SMILES string of the molecule is Clc1cc(Br)ccc1OCCBr. The van der Waals surface area contributed by atoms with Crippen LogP contribution in [0.2, 0.25) is 5.02 Å². The molecule has 1 aromatic rings. The van der Waals surface area contributed by atoms with Gasteiger partial charge >= 0.3 is 0 Å². The molecule has 0 aliphatic rings. The van der Waals surface area contributed by atoms with E-state index in [1.807, 2.05) is 18.2 Å². The Morgan fingerprint density at radius 2 is 2.17 bits per heavy atom. The number of hydrogen-bond acceptors (Lipinski definition) is 1. The molecule has 1 rings (SSSR count). The second kappa shape index (κ2) is 5.10. The van der Waals surface area contributed by atoms with Gasteiger partial charge in [-0.1, -0.05) is 43.5 Å². The van der Waals surface area contributed by atoms with Crippen LogP contribution in [0.25, 0.3) is 0 Å². The van der Waals surface area contributed by atoms with E-state index < -0.39 is 0 Å². The maximum atomic E-state index is 5.89. The van der Waals surface area contributed by atoms with Gasteiger partial charge in [-0.3, -0.25) is 0 Å². The lowest BCUT2D eigenvalue weighted by molar-refractivity contribution is 0.345. The van der Waals surface area contributed by atoms with E-state index in [4.69, 9.17) is 16.3 Å². The predicted octanol–water partition coefficient (Wildman–Crippen LogP) is 3.88.